The van der Waals surface area contributed by atoms with Crippen molar-refractivity contribution >= 4 is 18.1 Å². The lowest BCUT2D eigenvalue weighted by Gasteiger charge is -2.20. The molecule has 2 unspecified atom stereocenters. The summed E-state index contributed by atoms with van der Waals surface area (Å²) in [5.74, 6) is -0.739. The summed E-state index contributed by atoms with van der Waals surface area (Å²) < 4.78 is 10.7. The zero-order valence-electron chi connectivity index (χ0n) is 20.3. The third kappa shape index (κ3) is 5.99. The fraction of sp³-hybridized carbons (Fsp3) is 0.241. The number of methoxy groups -OCH3 is 1. The lowest BCUT2D eigenvalue weighted by Crippen LogP contribution is -2.30. The van der Waals surface area contributed by atoms with E-state index in [-0.39, 0.29) is 25.5 Å². The number of amides is 1. The van der Waals surface area contributed by atoms with Crippen LogP contribution in [0.15, 0.2) is 72.8 Å². The summed E-state index contributed by atoms with van der Waals surface area (Å²) in [5, 5.41) is 32.5. The Hall–Kier alpha value is -4.14. The van der Waals surface area contributed by atoms with Crippen LogP contribution >= 0.6 is 0 Å². The minimum atomic E-state index is -1.24. The largest absolute Gasteiger partial charge is 0.496 e. The molecule has 0 aromatic heterocycles. The second kappa shape index (κ2) is 11.7. The van der Waals surface area contributed by atoms with Crippen molar-refractivity contribution in [1.82, 2.24) is 5.32 Å². The van der Waals surface area contributed by atoms with Gasteiger partial charge in [-0.15, -0.1) is 0 Å². The number of rotatable bonds is 10. The number of ether oxygens (including phenoxy) is 2. The van der Waals surface area contributed by atoms with Gasteiger partial charge in [-0.2, -0.15) is 0 Å². The second-order valence-corrected chi connectivity index (χ2v) is 8.73. The predicted molar refractivity (Wildman–Crippen MR) is 138 cm³/mol. The van der Waals surface area contributed by atoms with Crippen molar-refractivity contribution in [3.63, 3.8) is 0 Å². The molecule has 0 bridgehead atoms. The maximum atomic E-state index is 12.3. The fourth-order valence-electron chi connectivity index (χ4n) is 4.58. The number of carboxylic acid groups (broad SMARTS) is 1. The Kier molecular flexibility index (Phi) is 8.22. The van der Waals surface area contributed by atoms with Gasteiger partial charge in [-0.25, -0.2) is 9.59 Å². The first-order valence-electron chi connectivity index (χ1n) is 11.9. The molecule has 0 spiro atoms. The lowest BCUT2D eigenvalue weighted by atomic mass is 9.98. The molecule has 2 atom stereocenters. The van der Waals surface area contributed by atoms with E-state index in [2.05, 4.69) is 17.4 Å². The topological polar surface area (TPSA) is 125 Å². The number of alkyl carbamates (subject to hydrolysis) is 1. The summed E-state index contributed by atoms with van der Waals surface area (Å²) in [6.07, 6.45) is -0.622. The number of benzene rings is 3. The van der Waals surface area contributed by atoms with Crippen LogP contribution in [0, 0.1) is 0 Å². The van der Waals surface area contributed by atoms with Crippen LogP contribution in [0.4, 0.5) is 4.79 Å². The summed E-state index contributed by atoms with van der Waals surface area (Å²) in [6.45, 7) is 0.278. The number of carbonyl (C=O) groups is 2. The Balaban J connectivity index is 1.29. The monoisotopic (exact) mass is 503 g/mol. The number of hydrogen-bond donors (Lipinski definition) is 4. The molecule has 3 aromatic rings. The van der Waals surface area contributed by atoms with Crippen molar-refractivity contribution in [2.75, 3.05) is 20.3 Å². The van der Waals surface area contributed by atoms with E-state index in [0.29, 0.717) is 16.9 Å². The molecule has 0 radical (unpaired) electrons. The number of carbonyl (C=O) groups excluding carboxylic acids is 1. The number of carboxylic acids is 1. The number of hydrogen-bond acceptors (Lipinski definition) is 6. The predicted octanol–water partition coefficient (Wildman–Crippen LogP) is 4.12. The second-order valence-electron chi connectivity index (χ2n) is 8.73. The molecule has 4 N–H and O–H groups in total. The number of aliphatic carboxylic acids is 1. The molecule has 0 aliphatic heterocycles. The van der Waals surface area contributed by atoms with Crippen LogP contribution in [0.2, 0.25) is 0 Å². The number of fused-ring (bicyclic) bond motifs is 3. The highest BCUT2D eigenvalue weighted by molar-refractivity contribution is 5.86. The third-order valence-electron chi connectivity index (χ3n) is 6.42. The quantitative estimate of drug-likeness (QED) is 0.307. The molecular formula is C29H29NO7. The molecule has 1 aliphatic rings. The SMILES string of the molecule is COc1ccc(C(O)C(O)CCNC(=O)OCC2c3ccccc3-c3ccccc32)cc1/C=C/C(=O)O. The molecule has 192 valence electrons. The Bertz CT molecular complexity index is 1260. The Morgan fingerprint density at radius 3 is 2.27 bits per heavy atom. The Morgan fingerprint density at radius 1 is 1.00 bits per heavy atom. The van der Waals surface area contributed by atoms with E-state index >= 15 is 0 Å². The fourth-order valence-corrected chi connectivity index (χ4v) is 4.58. The highest BCUT2D eigenvalue weighted by Crippen LogP contribution is 2.44. The minimum Gasteiger partial charge on any atom is -0.496 e. The smallest absolute Gasteiger partial charge is 0.407 e. The van der Waals surface area contributed by atoms with Crippen molar-refractivity contribution in [1.29, 1.82) is 0 Å². The molecule has 4 rings (SSSR count). The highest BCUT2D eigenvalue weighted by Gasteiger charge is 2.29. The van der Waals surface area contributed by atoms with Crippen molar-refractivity contribution in [2.45, 2.75) is 24.5 Å². The summed E-state index contributed by atoms with van der Waals surface area (Å²) in [6, 6.07) is 20.9. The summed E-state index contributed by atoms with van der Waals surface area (Å²) in [4.78, 5) is 23.2. The zero-order chi connectivity index (χ0) is 26.4. The molecule has 8 nitrogen and oxygen atoms in total. The van der Waals surface area contributed by atoms with Gasteiger partial charge in [-0.1, -0.05) is 54.6 Å². The van der Waals surface area contributed by atoms with E-state index in [4.69, 9.17) is 14.6 Å². The van der Waals surface area contributed by atoms with Gasteiger partial charge < -0.3 is 30.1 Å². The minimum absolute atomic E-state index is 0.0509. The molecule has 0 heterocycles. The van der Waals surface area contributed by atoms with Crippen molar-refractivity contribution < 1.29 is 34.4 Å². The van der Waals surface area contributed by atoms with E-state index in [9.17, 15) is 19.8 Å². The zero-order valence-corrected chi connectivity index (χ0v) is 20.3. The molecular weight excluding hydrogens is 474 g/mol. The van der Waals surface area contributed by atoms with Gasteiger partial charge in [0.05, 0.1) is 13.2 Å². The first-order chi connectivity index (χ1) is 17.9. The van der Waals surface area contributed by atoms with E-state index in [1.54, 1.807) is 18.2 Å². The van der Waals surface area contributed by atoms with Crippen molar-refractivity contribution in [3.05, 3.63) is 95.1 Å². The van der Waals surface area contributed by atoms with Crippen LogP contribution in [0.1, 0.15) is 40.7 Å². The molecule has 1 aliphatic carbocycles. The maximum Gasteiger partial charge on any atom is 0.407 e. The third-order valence-corrected chi connectivity index (χ3v) is 6.42. The van der Waals surface area contributed by atoms with Gasteiger partial charge in [0.2, 0.25) is 0 Å². The number of aliphatic hydroxyl groups is 2. The molecule has 1 amide bonds. The van der Waals surface area contributed by atoms with E-state index in [0.717, 1.165) is 28.3 Å². The van der Waals surface area contributed by atoms with Gasteiger partial charge in [0.25, 0.3) is 0 Å². The standard InChI is InChI=1S/C29H29NO7/c1-36-26-12-10-19(16-18(26)11-13-27(32)33)28(34)25(31)14-15-30-29(35)37-17-24-22-8-4-2-6-20(22)21-7-3-5-9-23(21)24/h2-13,16,24-25,28,31,34H,14-15,17H2,1H3,(H,30,35)(H,32,33)/b13-11+. The average Bonchev–Trinajstić information content (AvgIpc) is 3.23. The van der Waals surface area contributed by atoms with Crippen LogP contribution in [-0.4, -0.2) is 53.7 Å². The van der Waals surface area contributed by atoms with Gasteiger partial charge in [-0.05, 0) is 52.4 Å². The van der Waals surface area contributed by atoms with Gasteiger partial charge in [0.1, 0.15) is 18.5 Å². The van der Waals surface area contributed by atoms with Gasteiger partial charge in [0, 0.05) is 24.1 Å². The van der Waals surface area contributed by atoms with Gasteiger partial charge in [-0.3, -0.25) is 0 Å². The Labute approximate surface area is 214 Å². The number of nitrogens with one attached hydrogen (secondary N) is 1. The van der Waals surface area contributed by atoms with Crippen molar-refractivity contribution in [3.8, 4) is 16.9 Å². The maximum absolute atomic E-state index is 12.3. The van der Waals surface area contributed by atoms with E-state index in [1.165, 1.54) is 13.2 Å². The van der Waals surface area contributed by atoms with Crippen molar-refractivity contribution in [2.24, 2.45) is 0 Å². The Morgan fingerprint density at radius 2 is 1.65 bits per heavy atom. The van der Waals surface area contributed by atoms with Gasteiger partial charge in [0.15, 0.2) is 0 Å². The molecule has 0 fully saturated rings. The lowest BCUT2D eigenvalue weighted by molar-refractivity contribution is -0.131. The average molecular weight is 504 g/mol. The molecule has 37 heavy (non-hydrogen) atoms. The van der Waals surface area contributed by atoms with E-state index in [1.807, 2.05) is 36.4 Å². The summed E-state index contributed by atoms with van der Waals surface area (Å²) in [5.41, 5.74) is 5.36. The summed E-state index contributed by atoms with van der Waals surface area (Å²) in [7, 11) is 1.45. The number of aliphatic hydroxyl groups excluding tert-OH is 2. The molecule has 3 aromatic carbocycles. The first-order valence-corrected chi connectivity index (χ1v) is 11.9. The summed E-state index contributed by atoms with van der Waals surface area (Å²) >= 11 is 0. The molecule has 8 heteroatoms. The molecule has 0 saturated carbocycles. The highest BCUT2D eigenvalue weighted by atomic mass is 16.5. The molecule has 0 saturated heterocycles. The normalized spacial score (nSPS) is 14.0. The van der Waals surface area contributed by atoms with Crippen LogP contribution in [0.25, 0.3) is 17.2 Å². The van der Waals surface area contributed by atoms with Crippen LogP contribution in [0.3, 0.4) is 0 Å². The van der Waals surface area contributed by atoms with Crippen LogP contribution in [0.5, 0.6) is 5.75 Å². The van der Waals surface area contributed by atoms with Crippen LogP contribution < -0.4 is 10.1 Å². The first kappa shape index (κ1) is 25.9. The van der Waals surface area contributed by atoms with Gasteiger partial charge >= 0.3 is 12.1 Å². The van der Waals surface area contributed by atoms with Crippen LogP contribution in [-0.2, 0) is 9.53 Å². The van der Waals surface area contributed by atoms with E-state index < -0.39 is 24.3 Å².